The van der Waals surface area contributed by atoms with Crippen molar-refractivity contribution in [1.29, 1.82) is 0 Å². The predicted octanol–water partition coefficient (Wildman–Crippen LogP) is 3.53. The first-order valence-corrected chi connectivity index (χ1v) is 9.29. The number of benzene rings is 2. The summed E-state index contributed by atoms with van der Waals surface area (Å²) >= 11 is 7.92. The van der Waals surface area contributed by atoms with Crippen molar-refractivity contribution >= 4 is 57.9 Å². The molecule has 0 aromatic heterocycles. The first-order chi connectivity index (χ1) is 12.9. The van der Waals surface area contributed by atoms with Crippen LogP contribution in [0.1, 0.15) is 18.4 Å². The number of aromatic hydroxyl groups is 1. The zero-order valence-corrected chi connectivity index (χ0v) is 17.2. The molecule has 0 aliphatic rings. The van der Waals surface area contributed by atoms with Crippen LogP contribution >= 0.6 is 34.2 Å². The number of phenolic OH excluding ortho intramolecular Hbond substituents is 1. The highest BCUT2D eigenvalue weighted by molar-refractivity contribution is 14.1. The van der Waals surface area contributed by atoms with Crippen molar-refractivity contribution in [2.45, 2.75) is 12.8 Å². The fourth-order valence-corrected chi connectivity index (χ4v) is 2.87. The smallest absolute Gasteiger partial charge is 0.240 e. The third kappa shape index (κ3) is 6.40. The first kappa shape index (κ1) is 21.0. The topological polar surface area (TPSA) is 100 Å². The van der Waals surface area contributed by atoms with E-state index in [2.05, 4.69) is 15.8 Å². The van der Waals surface area contributed by atoms with Gasteiger partial charge in [0.25, 0.3) is 0 Å². The maximum absolute atomic E-state index is 11.9. The molecule has 2 amide bonds. The average Bonchev–Trinajstić information content (AvgIpc) is 2.64. The summed E-state index contributed by atoms with van der Waals surface area (Å²) in [6, 6.07) is 10.1. The molecule has 2 rings (SSSR count). The number of phenols is 1. The molecule has 2 aromatic rings. The van der Waals surface area contributed by atoms with Gasteiger partial charge in [-0.25, -0.2) is 5.43 Å². The van der Waals surface area contributed by atoms with E-state index in [1.165, 1.54) is 13.3 Å². The van der Waals surface area contributed by atoms with Gasteiger partial charge in [-0.15, -0.1) is 0 Å². The van der Waals surface area contributed by atoms with E-state index in [0.717, 1.165) is 0 Å². The van der Waals surface area contributed by atoms with Gasteiger partial charge in [0, 0.05) is 12.8 Å². The number of hydrogen-bond acceptors (Lipinski definition) is 5. The lowest BCUT2D eigenvalue weighted by Crippen LogP contribution is -2.20. The number of carbonyl (C=O) groups is 2. The molecule has 0 spiro atoms. The zero-order chi connectivity index (χ0) is 19.8. The Morgan fingerprint density at radius 3 is 2.67 bits per heavy atom. The second-order valence-electron chi connectivity index (χ2n) is 5.37. The third-order valence-corrected chi connectivity index (χ3v) is 4.55. The lowest BCUT2D eigenvalue weighted by Gasteiger charge is -2.07. The summed E-state index contributed by atoms with van der Waals surface area (Å²) in [4.78, 5) is 23.7. The molecule has 2 aromatic carbocycles. The molecule has 0 saturated carbocycles. The minimum Gasteiger partial charge on any atom is -0.504 e. The molecule has 0 radical (unpaired) electrons. The third-order valence-electron chi connectivity index (χ3n) is 3.40. The van der Waals surface area contributed by atoms with E-state index < -0.39 is 5.91 Å². The van der Waals surface area contributed by atoms with Crippen molar-refractivity contribution in [3.05, 3.63) is 50.6 Å². The molecule has 9 heteroatoms. The summed E-state index contributed by atoms with van der Waals surface area (Å²) in [6.07, 6.45) is 1.40. The SMILES string of the molecule is COc1cc(/C=N/NC(=O)CCC(=O)Nc2ccccc2Cl)cc(I)c1O. The van der Waals surface area contributed by atoms with Crippen molar-refractivity contribution in [3.8, 4) is 11.5 Å². The molecular weight excluding hydrogens is 485 g/mol. The van der Waals surface area contributed by atoms with Gasteiger partial charge in [-0.05, 0) is 52.4 Å². The molecule has 0 atom stereocenters. The van der Waals surface area contributed by atoms with Crippen LogP contribution in [0.2, 0.25) is 5.02 Å². The molecule has 7 nitrogen and oxygen atoms in total. The molecule has 0 aliphatic carbocycles. The maximum Gasteiger partial charge on any atom is 0.240 e. The predicted molar refractivity (Wildman–Crippen MR) is 112 cm³/mol. The number of halogens is 2. The van der Waals surface area contributed by atoms with Gasteiger partial charge in [0.2, 0.25) is 11.8 Å². The van der Waals surface area contributed by atoms with E-state index >= 15 is 0 Å². The van der Waals surface area contributed by atoms with Gasteiger partial charge < -0.3 is 15.2 Å². The van der Waals surface area contributed by atoms with Crippen LogP contribution in [0.3, 0.4) is 0 Å². The number of para-hydroxylation sites is 1. The van der Waals surface area contributed by atoms with Gasteiger partial charge >= 0.3 is 0 Å². The molecule has 0 saturated heterocycles. The Kier molecular flexibility index (Phi) is 7.86. The number of anilines is 1. The van der Waals surface area contributed by atoms with E-state index in [1.54, 1.807) is 36.4 Å². The average molecular weight is 502 g/mol. The second-order valence-corrected chi connectivity index (χ2v) is 6.94. The molecule has 142 valence electrons. The minimum absolute atomic E-state index is 0.00247. The van der Waals surface area contributed by atoms with Crippen LogP contribution in [0.25, 0.3) is 0 Å². The summed E-state index contributed by atoms with van der Waals surface area (Å²) in [7, 11) is 1.45. The lowest BCUT2D eigenvalue weighted by atomic mass is 10.2. The molecule has 0 unspecified atom stereocenters. The molecular formula is C18H17ClIN3O4. The van der Waals surface area contributed by atoms with Gasteiger partial charge in [0.05, 0.1) is 27.6 Å². The molecule has 0 heterocycles. The molecule has 0 bridgehead atoms. The lowest BCUT2D eigenvalue weighted by molar-refractivity contribution is -0.124. The van der Waals surface area contributed by atoms with Gasteiger partial charge in [0.15, 0.2) is 11.5 Å². The number of rotatable bonds is 7. The highest BCUT2D eigenvalue weighted by Crippen LogP contribution is 2.31. The van der Waals surface area contributed by atoms with Crippen LogP contribution in [0.4, 0.5) is 5.69 Å². The Morgan fingerprint density at radius 1 is 1.26 bits per heavy atom. The number of hydrogen-bond donors (Lipinski definition) is 3. The normalized spacial score (nSPS) is 10.6. The number of nitrogens with one attached hydrogen (secondary N) is 2. The molecule has 0 aliphatic heterocycles. The molecule has 3 N–H and O–H groups in total. The Morgan fingerprint density at radius 2 is 1.96 bits per heavy atom. The summed E-state index contributed by atoms with van der Waals surface area (Å²) < 4.78 is 5.65. The second kappa shape index (κ2) is 10.1. The van der Waals surface area contributed by atoms with Crippen LogP contribution in [0.15, 0.2) is 41.5 Å². The van der Waals surface area contributed by atoms with Crippen LogP contribution in [0.5, 0.6) is 11.5 Å². The number of nitrogens with zero attached hydrogens (tertiary/aromatic N) is 1. The van der Waals surface area contributed by atoms with Gasteiger partial charge in [0.1, 0.15) is 0 Å². The monoisotopic (exact) mass is 501 g/mol. The van der Waals surface area contributed by atoms with Crippen LogP contribution in [-0.4, -0.2) is 30.2 Å². The van der Waals surface area contributed by atoms with Gasteiger partial charge in [-0.2, -0.15) is 5.10 Å². The molecule has 0 fully saturated rings. The first-order valence-electron chi connectivity index (χ1n) is 7.83. The maximum atomic E-state index is 11.9. The fraction of sp³-hybridized carbons (Fsp3) is 0.167. The Bertz CT molecular complexity index is 874. The highest BCUT2D eigenvalue weighted by Gasteiger charge is 2.09. The largest absolute Gasteiger partial charge is 0.504 e. The Labute approximate surface area is 174 Å². The number of ether oxygens (including phenoxy) is 1. The number of carbonyl (C=O) groups excluding carboxylic acids is 2. The van der Waals surface area contributed by atoms with Crippen molar-refractivity contribution in [2.24, 2.45) is 5.10 Å². The summed E-state index contributed by atoms with van der Waals surface area (Å²) in [5, 5.41) is 16.7. The standard InChI is InChI=1S/C18H17ClIN3O4/c1-27-15-9-11(8-13(20)18(15)26)10-21-23-17(25)7-6-16(24)22-14-5-3-2-4-12(14)19/h2-5,8-10,26H,6-7H2,1H3,(H,22,24)(H,23,25)/b21-10+. The molecule has 27 heavy (non-hydrogen) atoms. The van der Waals surface area contributed by atoms with E-state index in [9.17, 15) is 14.7 Å². The van der Waals surface area contributed by atoms with Crippen LogP contribution in [0, 0.1) is 3.57 Å². The minimum atomic E-state index is -0.402. The number of methoxy groups -OCH3 is 1. The zero-order valence-electron chi connectivity index (χ0n) is 14.3. The van der Waals surface area contributed by atoms with E-state index in [4.69, 9.17) is 16.3 Å². The Balaban J connectivity index is 1.82. The van der Waals surface area contributed by atoms with Crippen LogP contribution in [-0.2, 0) is 9.59 Å². The number of hydrazone groups is 1. The van der Waals surface area contributed by atoms with Gasteiger partial charge in [-0.3, -0.25) is 9.59 Å². The van der Waals surface area contributed by atoms with Gasteiger partial charge in [-0.1, -0.05) is 23.7 Å². The van der Waals surface area contributed by atoms with E-state index in [0.29, 0.717) is 25.6 Å². The Hall–Kier alpha value is -2.33. The highest BCUT2D eigenvalue weighted by atomic mass is 127. The van der Waals surface area contributed by atoms with Crippen molar-refractivity contribution in [3.63, 3.8) is 0 Å². The summed E-state index contributed by atoms with van der Waals surface area (Å²) in [5.74, 6) is -0.365. The summed E-state index contributed by atoms with van der Waals surface area (Å²) in [5.41, 5.74) is 3.49. The van der Waals surface area contributed by atoms with Crippen molar-refractivity contribution in [2.75, 3.05) is 12.4 Å². The number of amides is 2. The van der Waals surface area contributed by atoms with Crippen molar-refractivity contribution in [1.82, 2.24) is 5.43 Å². The van der Waals surface area contributed by atoms with Crippen molar-refractivity contribution < 1.29 is 19.4 Å². The van der Waals surface area contributed by atoms with E-state index in [-0.39, 0.29) is 24.5 Å². The van der Waals surface area contributed by atoms with Crippen LogP contribution < -0.4 is 15.5 Å². The fourth-order valence-electron chi connectivity index (χ4n) is 2.06. The van der Waals surface area contributed by atoms with E-state index in [1.807, 2.05) is 22.6 Å². The quantitative estimate of drug-likeness (QED) is 0.307. The summed E-state index contributed by atoms with van der Waals surface area (Å²) in [6.45, 7) is 0.